The SMILES string of the molecule is O=C(O)C[C@H](NC(=O)c1csc(-c2ccccc2)n1)c1cccc(F)c1.O=C(O)C[C@H](NC(=O)c1csc(-c2ccccc2F)n1)c1cccc(F)c1. The minimum atomic E-state index is -1.14. The number of benzene rings is 4. The second-order valence-corrected chi connectivity index (χ2v) is 13.0. The average Bonchev–Trinajstić information content (AvgIpc) is 3.83. The van der Waals surface area contributed by atoms with Gasteiger partial charge in [0.15, 0.2) is 0 Å². The third-order valence-electron chi connectivity index (χ3n) is 7.47. The quantitative estimate of drug-likeness (QED) is 0.0980. The van der Waals surface area contributed by atoms with Crippen molar-refractivity contribution in [1.82, 2.24) is 20.6 Å². The minimum Gasteiger partial charge on any atom is -0.481 e. The number of nitrogens with one attached hydrogen (secondary N) is 2. The van der Waals surface area contributed by atoms with Gasteiger partial charge in [0.1, 0.15) is 38.9 Å². The van der Waals surface area contributed by atoms with E-state index in [0.717, 1.165) is 16.9 Å². The molecule has 0 unspecified atom stereocenters. The number of hydrogen-bond donors (Lipinski definition) is 4. The molecule has 10 nitrogen and oxygen atoms in total. The lowest BCUT2D eigenvalue weighted by Gasteiger charge is -2.17. The zero-order valence-electron chi connectivity index (χ0n) is 27.4. The molecular formula is C38H29F3N4O6S2. The van der Waals surface area contributed by atoms with Crippen LogP contribution in [0.4, 0.5) is 13.2 Å². The fraction of sp³-hybridized carbons (Fsp3) is 0.105. The molecule has 0 saturated heterocycles. The first-order valence-corrected chi connectivity index (χ1v) is 17.5. The molecule has 0 saturated carbocycles. The molecule has 4 N–H and O–H groups in total. The molecule has 0 aliphatic carbocycles. The number of thiazole rings is 2. The van der Waals surface area contributed by atoms with E-state index in [-0.39, 0.29) is 23.4 Å². The van der Waals surface area contributed by atoms with Crippen molar-refractivity contribution in [2.24, 2.45) is 0 Å². The first-order valence-electron chi connectivity index (χ1n) is 15.7. The molecule has 0 aliphatic heterocycles. The number of carbonyl (C=O) groups excluding carboxylic acids is 2. The van der Waals surface area contributed by atoms with Gasteiger partial charge in [-0.25, -0.2) is 23.1 Å². The maximum absolute atomic E-state index is 13.9. The molecule has 53 heavy (non-hydrogen) atoms. The fourth-order valence-corrected chi connectivity index (χ4v) is 6.63. The Labute approximate surface area is 308 Å². The lowest BCUT2D eigenvalue weighted by molar-refractivity contribution is -0.138. The molecule has 6 aromatic rings. The number of amides is 2. The van der Waals surface area contributed by atoms with Crippen molar-refractivity contribution in [2.45, 2.75) is 24.9 Å². The predicted octanol–water partition coefficient (Wildman–Crippen LogP) is 7.93. The molecule has 270 valence electrons. The Hall–Kier alpha value is -6.19. The Morgan fingerprint density at radius 1 is 0.604 bits per heavy atom. The Balaban J connectivity index is 0.000000204. The molecule has 2 aromatic heterocycles. The number of carbonyl (C=O) groups is 4. The Kier molecular flexibility index (Phi) is 12.8. The summed E-state index contributed by atoms with van der Waals surface area (Å²) in [5, 5.41) is 27.4. The maximum Gasteiger partial charge on any atom is 0.305 e. The van der Waals surface area contributed by atoms with E-state index >= 15 is 0 Å². The lowest BCUT2D eigenvalue weighted by Crippen LogP contribution is -2.30. The van der Waals surface area contributed by atoms with Crippen molar-refractivity contribution in [3.05, 3.63) is 154 Å². The van der Waals surface area contributed by atoms with E-state index in [1.807, 2.05) is 30.3 Å². The van der Waals surface area contributed by atoms with Crippen molar-refractivity contribution in [2.75, 3.05) is 0 Å². The summed E-state index contributed by atoms with van der Waals surface area (Å²) in [6.45, 7) is 0. The highest BCUT2D eigenvalue weighted by molar-refractivity contribution is 7.13. The van der Waals surface area contributed by atoms with Crippen LogP contribution < -0.4 is 10.6 Å². The van der Waals surface area contributed by atoms with Gasteiger partial charge in [-0.15, -0.1) is 22.7 Å². The van der Waals surface area contributed by atoms with Crippen LogP contribution in [0.25, 0.3) is 21.1 Å². The fourth-order valence-electron chi connectivity index (χ4n) is 4.99. The Bertz CT molecular complexity index is 2230. The minimum absolute atomic E-state index is 0.0324. The molecule has 0 spiro atoms. The highest BCUT2D eigenvalue weighted by Crippen LogP contribution is 2.27. The molecule has 0 fully saturated rings. The molecule has 15 heteroatoms. The van der Waals surface area contributed by atoms with E-state index in [2.05, 4.69) is 20.6 Å². The van der Waals surface area contributed by atoms with Crippen molar-refractivity contribution in [3.63, 3.8) is 0 Å². The molecule has 0 bridgehead atoms. The van der Waals surface area contributed by atoms with Crippen LogP contribution in [-0.2, 0) is 9.59 Å². The monoisotopic (exact) mass is 758 g/mol. The van der Waals surface area contributed by atoms with Crippen LogP contribution in [0.2, 0.25) is 0 Å². The number of carboxylic acid groups (broad SMARTS) is 2. The van der Waals surface area contributed by atoms with Gasteiger partial charge < -0.3 is 20.8 Å². The van der Waals surface area contributed by atoms with Gasteiger partial charge in [-0.05, 0) is 47.5 Å². The van der Waals surface area contributed by atoms with Gasteiger partial charge in [-0.1, -0.05) is 66.7 Å². The first-order chi connectivity index (χ1) is 25.5. The summed E-state index contributed by atoms with van der Waals surface area (Å²) >= 11 is 2.42. The summed E-state index contributed by atoms with van der Waals surface area (Å²) in [6.07, 6.45) is -0.773. The van der Waals surface area contributed by atoms with Crippen molar-refractivity contribution >= 4 is 46.4 Å². The summed E-state index contributed by atoms with van der Waals surface area (Å²) in [5.41, 5.74) is 2.11. The van der Waals surface area contributed by atoms with Gasteiger partial charge in [-0.3, -0.25) is 19.2 Å². The molecule has 2 amide bonds. The number of hydrogen-bond acceptors (Lipinski definition) is 8. The number of carboxylic acids is 2. The zero-order chi connectivity index (χ0) is 37.9. The summed E-state index contributed by atoms with van der Waals surface area (Å²) in [4.78, 5) is 55.6. The highest BCUT2D eigenvalue weighted by Gasteiger charge is 2.23. The van der Waals surface area contributed by atoms with Crippen LogP contribution in [0.15, 0.2) is 114 Å². The number of rotatable bonds is 12. The summed E-state index contributed by atoms with van der Waals surface area (Å²) in [6, 6.07) is 24.6. The Morgan fingerprint density at radius 3 is 1.57 bits per heavy atom. The largest absolute Gasteiger partial charge is 0.481 e. The molecule has 6 rings (SSSR count). The first kappa shape index (κ1) is 38.1. The second-order valence-electron chi connectivity index (χ2n) is 11.3. The van der Waals surface area contributed by atoms with Crippen LogP contribution in [-0.4, -0.2) is 43.9 Å². The topological polar surface area (TPSA) is 159 Å². The Morgan fingerprint density at radius 2 is 1.08 bits per heavy atom. The lowest BCUT2D eigenvalue weighted by atomic mass is 10.0. The van der Waals surface area contributed by atoms with Crippen molar-refractivity contribution < 1.29 is 42.6 Å². The van der Waals surface area contributed by atoms with Gasteiger partial charge in [0.25, 0.3) is 11.8 Å². The van der Waals surface area contributed by atoms with E-state index in [1.54, 1.807) is 29.6 Å². The molecule has 0 radical (unpaired) electrons. The maximum atomic E-state index is 13.9. The molecule has 4 aromatic carbocycles. The van der Waals surface area contributed by atoms with Gasteiger partial charge >= 0.3 is 11.9 Å². The van der Waals surface area contributed by atoms with E-state index in [1.165, 1.54) is 65.2 Å². The van der Waals surface area contributed by atoms with Crippen molar-refractivity contribution in [1.29, 1.82) is 0 Å². The van der Waals surface area contributed by atoms with Gasteiger partial charge in [0, 0.05) is 21.9 Å². The summed E-state index contributed by atoms with van der Waals surface area (Å²) in [5.74, 6) is -4.84. The molecular weight excluding hydrogens is 730 g/mol. The van der Waals surface area contributed by atoms with Gasteiger partial charge in [0.05, 0.1) is 24.9 Å². The highest BCUT2D eigenvalue weighted by atomic mass is 32.1. The molecule has 0 aliphatic rings. The smallest absolute Gasteiger partial charge is 0.305 e. The normalized spacial score (nSPS) is 11.8. The summed E-state index contributed by atoms with van der Waals surface area (Å²) in [7, 11) is 0. The van der Waals surface area contributed by atoms with Gasteiger partial charge in [-0.2, -0.15) is 0 Å². The molecule has 2 heterocycles. The van der Waals surface area contributed by atoms with Gasteiger partial charge in [0.2, 0.25) is 0 Å². The number of nitrogens with zero attached hydrogens (tertiary/aromatic N) is 2. The predicted molar refractivity (Wildman–Crippen MR) is 193 cm³/mol. The zero-order valence-corrected chi connectivity index (χ0v) is 29.0. The van der Waals surface area contributed by atoms with E-state index in [9.17, 15) is 32.3 Å². The van der Waals surface area contributed by atoms with Crippen LogP contribution in [0.1, 0.15) is 57.0 Å². The number of aliphatic carboxylic acids is 2. The van der Waals surface area contributed by atoms with Crippen LogP contribution >= 0.6 is 22.7 Å². The van der Waals surface area contributed by atoms with E-state index in [4.69, 9.17) is 10.2 Å². The van der Waals surface area contributed by atoms with Crippen LogP contribution in [0.3, 0.4) is 0 Å². The molecule has 2 atom stereocenters. The standard InChI is InChI=1S/C19H14F2N2O3S.C19H15FN2O3S/c20-12-5-3-4-11(8-12)15(9-17(24)25)22-18(26)16-10-27-19(23-16)13-6-1-2-7-14(13)21;20-14-8-4-7-13(9-14)15(10-17(23)24)21-18(25)16-11-26-19(22-16)12-5-2-1-3-6-12/h1-8,10,15H,9H2,(H,22,26)(H,24,25);1-9,11,15H,10H2,(H,21,25)(H,23,24)/t2*15-/m00/s1. The van der Waals surface area contributed by atoms with Crippen LogP contribution in [0.5, 0.6) is 0 Å². The third-order valence-corrected chi connectivity index (χ3v) is 9.24. The average molecular weight is 759 g/mol. The summed E-state index contributed by atoms with van der Waals surface area (Å²) < 4.78 is 40.8. The van der Waals surface area contributed by atoms with Crippen molar-refractivity contribution in [3.8, 4) is 21.1 Å². The van der Waals surface area contributed by atoms with E-state index < -0.39 is 59.7 Å². The number of aromatic nitrogens is 2. The third kappa shape index (κ3) is 10.7. The second kappa shape index (κ2) is 17.8. The van der Waals surface area contributed by atoms with Crippen LogP contribution in [0, 0.1) is 17.5 Å². The van der Waals surface area contributed by atoms with E-state index in [0.29, 0.717) is 21.1 Å². The number of halogens is 3.